The van der Waals surface area contributed by atoms with Gasteiger partial charge in [-0.15, -0.1) is 0 Å². The van der Waals surface area contributed by atoms with Crippen LogP contribution in [-0.4, -0.2) is 35.6 Å². The molecule has 2 aliphatic heterocycles. The lowest BCUT2D eigenvalue weighted by Gasteiger charge is -2.36. The van der Waals surface area contributed by atoms with E-state index < -0.39 is 0 Å². The smallest absolute Gasteiger partial charge is 0.125 e. The van der Waals surface area contributed by atoms with E-state index >= 15 is 0 Å². The van der Waals surface area contributed by atoms with E-state index in [1.165, 1.54) is 25.7 Å². The summed E-state index contributed by atoms with van der Waals surface area (Å²) in [5.41, 5.74) is 6.77. The third kappa shape index (κ3) is 2.29. The highest BCUT2D eigenvalue weighted by Gasteiger charge is 2.37. The zero-order valence-electron chi connectivity index (χ0n) is 11.0. The maximum atomic E-state index is 5.68. The second-order valence-corrected chi connectivity index (χ2v) is 5.74. The van der Waals surface area contributed by atoms with Crippen molar-refractivity contribution in [1.82, 2.24) is 9.88 Å². The molecule has 0 amide bonds. The van der Waals surface area contributed by atoms with Crippen LogP contribution in [0.1, 0.15) is 25.7 Å². The number of nitrogen functional groups attached to an aromatic ring is 1. The van der Waals surface area contributed by atoms with Crippen molar-refractivity contribution in [1.29, 1.82) is 0 Å². The molecular weight excluding hydrogens is 224 g/mol. The summed E-state index contributed by atoms with van der Waals surface area (Å²) in [6.45, 7) is 1.06. The quantitative estimate of drug-likeness (QED) is 0.856. The lowest BCUT2D eigenvalue weighted by molar-refractivity contribution is 0.139. The lowest BCUT2D eigenvalue weighted by Crippen LogP contribution is -2.41. The first-order valence-electron chi connectivity index (χ1n) is 6.89. The molecule has 4 nitrogen and oxygen atoms in total. The number of nitrogens with one attached hydrogen (secondary N) is 1. The van der Waals surface area contributed by atoms with Gasteiger partial charge in [0.2, 0.25) is 0 Å². The number of rotatable bonds is 3. The summed E-state index contributed by atoms with van der Waals surface area (Å²) in [4.78, 5) is 6.59. The molecular formula is C14H22N4. The van der Waals surface area contributed by atoms with E-state index in [1.807, 2.05) is 12.1 Å². The predicted molar refractivity (Wildman–Crippen MR) is 74.4 cm³/mol. The fraction of sp³-hybridized carbons (Fsp3) is 0.643. The Bertz CT molecular complexity index is 406. The average Bonchev–Trinajstić information content (AvgIpc) is 2.60. The molecule has 3 N–H and O–H groups in total. The van der Waals surface area contributed by atoms with Crippen molar-refractivity contribution in [3.63, 3.8) is 0 Å². The Hall–Kier alpha value is -1.29. The standard InChI is InChI=1S/C14H22N4/c1-18-12-2-3-13(18)7-10(6-12)9-17-11-4-5-16-14(15)8-11/h4-5,8,10,12-13H,2-3,6-7,9H2,1H3,(H3,15,16,17). The minimum atomic E-state index is 0.587. The van der Waals surface area contributed by atoms with Gasteiger partial charge in [-0.2, -0.15) is 0 Å². The Morgan fingerprint density at radius 3 is 2.78 bits per heavy atom. The van der Waals surface area contributed by atoms with Crippen LogP contribution in [0.5, 0.6) is 0 Å². The van der Waals surface area contributed by atoms with Crippen molar-refractivity contribution >= 4 is 11.5 Å². The number of piperidine rings is 1. The van der Waals surface area contributed by atoms with Crippen molar-refractivity contribution in [2.45, 2.75) is 37.8 Å². The molecule has 1 aromatic rings. The number of nitrogens with zero attached hydrogens (tertiary/aromatic N) is 2. The molecule has 0 radical (unpaired) electrons. The number of hydrogen-bond acceptors (Lipinski definition) is 4. The van der Waals surface area contributed by atoms with Crippen molar-refractivity contribution in [2.24, 2.45) is 5.92 Å². The number of fused-ring (bicyclic) bond motifs is 2. The summed E-state index contributed by atoms with van der Waals surface area (Å²) in [5.74, 6) is 1.39. The Kier molecular flexibility index (Phi) is 3.12. The van der Waals surface area contributed by atoms with Crippen molar-refractivity contribution < 1.29 is 0 Å². The first-order chi connectivity index (χ1) is 8.72. The van der Waals surface area contributed by atoms with Crippen LogP contribution in [0, 0.1) is 5.92 Å². The molecule has 0 aromatic carbocycles. The van der Waals surface area contributed by atoms with E-state index in [2.05, 4.69) is 22.2 Å². The highest BCUT2D eigenvalue weighted by molar-refractivity contribution is 5.49. The van der Waals surface area contributed by atoms with E-state index in [0.717, 1.165) is 30.2 Å². The highest BCUT2D eigenvalue weighted by Crippen LogP contribution is 2.37. The van der Waals surface area contributed by atoms with E-state index in [0.29, 0.717) is 5.82 Å². The van der Waals surface area contributed by atoms with E-state index in [-0.39, 0.29) is 0 Å². The van der Waals surface area contributed by atoms with E-state index in [4.69, 9.17) is 5.73 Å². The Balaban J connectivity index is 1.55. The number of nitrogens with two attached hydrogens (primary N) is 1. The number of aromatic nitrogens is 1. The van der Waals surface area contributed by atoms with Crippen LogP contribution in [0.25, 0.3) is 0 Å². The maximum Gasteiger partial charge on any atom is 0.125 e. The fourth-order valence-electron chi connectivity index (χ4n) is 3.51. The summed E-state index contributed by atoms with van der Waals surface area (Å²) >= 11 is 0. The minimum Gasteiger partial charge on any atom is -0.385 e. The maximum absolute atomic E-state index is 5.68. The first kappa shape index (κ1) is 11.8. The zero-order chi connectivity index (χ0) is 12.5. The molecule has 1 aromatic heterocycles. The van der Waals surface area contributed by atoms with Crippen LogP contribution in [0.2, 0.25) is 0 Å². The van der Waals surface area contributed by atoms with Crippen molar-refractivity contribution in [3.05, 3.63) is 18.3 Å². The molecule has 3 heterocycles. The van der Waals surface area contributed by atoms with E-state index in [1.54, 1.807) is 6.20 Å². The molecule has 2 saturated heterocycles. The van der Waals surface area contributed by atoms with Crippen molar-refractivity contribution in [3.8, 4) is 0 Å². The molecule has 0 saturated carbocycles. The molecule has 18 heavy (non-hydrogen) atoms. The summed E-state index contributed by atoms with van der Waals surface area (Å²) in [6, 6.07) is 5.53. The third-order valence-corrected chi connectivity index (χ3v) is 4.57. The summed E-state index contributed by atoms with van der Waals surface area (Å²) in [6.07, 6.45) is 7.21. The predicted octanol–water partition coefficient (Wildman–Crippen LogP) is 1.95. The van der Waals surface area contributed by atoms with Gasteiger partial charge in [0.25, 0.3) is 0 Å². The topological polar surface area (TPSA) is 54.2 Å². The molecule has 98 valence electrons. The van der Waals surface area contributed by atoms with Crippen LogP contribution in [-0.2, 0) is 0 Å². The summed E-state index contributed by atoms with van der Waals surface area (Å²) in [5, 5.41) is 3.50. The van der Waals surface area contributed by atoms with Gasteiger partial charge in [0.05, 0.1) is 0 Å². The molecule has 2 fully saturated rings. The van der Waals surface area contributed by atoms with Crippen molar-refractivity contribution in [2.75, 3.05) is 24.6 Å². The third-order valence-electron chi connectivity index (χ3n) is 4.57. The SMILES string of the molecule is CN1C2CCC1CC(CNc1ccnc(N)c1)C2. The summed E-state index contributed by atoms with van der Waals surface area (Å²) < 4.78 is 0. The van der Waals surface area contributed by atoms with Gasteiger partial charge in [-0.3, -0.25) is 0 Å². The molecule has 2 bridgehead atoms. The largest absolute Gasteiger partial charge is 0.385 e. The molecule has 2 unspecified atom stereocenters. The van der Waals surface area contributed by atoms with Gasteiger partial charge in [-0.25, -0.2) is 4.98 Å². The highest BCUT2D eigenvalue weighted by atomic mass is 15.2. The normalized spacial score (nSPS) is 31.5. The second kappa shape index (κ2) is 4.76. The second-order valence-electron chi connectivity index (χ2n) is 5.74. The van der Waals surface area contributed by atoms with Gasteiger partial charge < -0.3 is 16.0 Å². The minimum absolute atomic E-state index is 0.587. The number of anilines is 2. The molecule has 0 spiro atoms. The molecule has 3 rings (SSSR count). The van der Waals surface area contributed by atoms with E-state index in [9.17, 15) is 0 Å². The van der Waals surface area contributed by atoms with Crippen LogP contribution < -0.4 is 11.1 Å². The van der Waals surface area contributed by atoms with Gasteiger partial charge >= 0.3 is 0 Å². The molecule has 4 heteroatoms. The van der Waals surface area contributed by atoms with Crippen LogP contribution in [0.15, 0.2) is 18.3 Å². The first-order valence-corrected chi connectivity index (χ1v) is 6.89. The summed E-state index contributed by atoms with van der Waals surface area (Å²) in [7, 11) is 2.29. The van der Waals surface area contributed by atoms with Crippen LogP contribution in [0.4, 0.5) is 11.5 Å². The molecule has 2 atom stereocenters. The van der Waals surface area contributed by atoms with Gasteiger partial charge in [0.15, 0.2) is 0 Å². The lowest BCUT2D eigenvalue weighted by atomic mass is 9.91. The number of hydrogen-bond donors (Lipinski definition) is 2. The van der Waals surface area contributed by atoms with Crippen LogP contribution >= 0.6 is 0 Å². The van der Waals surface area contributed by atoms with Crippen LogP contribution in [0.3, 0.4) is 0 Å². The van der Waals surface area contributed by atoms with Gasteiger partial charge in [-0.1, -0.05) is 0 Å². The molecule has 0 aliphatic carbocycles. The fourth-order valence-corrected chi connectivity index (χ4v) is 3.51. The van der Waals surface area contributed by atoms with Gasteiger partial charge in [0.1, 0.15) is 5.82 Å². The van der Waals surface area contributed by atoms with Gasteiger partial charge in [0, 0.05) is 36.6 Å². The Morgan fingerprint density at radius 2 is 2.11 bits per heavy atom. The zero-order valence-corrected chi connectivity index (χ0v) is 11.0. The van der Waals surface area contributed by atoms with Gasteiger partial charge in [-0.05, 0) is 44.7 Å². The monoisotopic (exact) mass is 246 g/mol. The Labute approximate surface area is 109 Å². The Morgan fingerprint density at radius 1 is 1.39 bits per heavy atom. The number of pyridine rings is 1. The molecule has 2 aliphatic rings. The average molecular weight is 246 g/mol.